The summed E-state index contributed by atoms with van der Waals surface area (Å²) in [6.45, 7) is 2.48. The molecule has 1 aliphatic rings. The highest BCUT2D eigenvalue weighted by Crippen LogP contribution is 2.40. The highest BCUT2D eigenvalue weighted by molar-refractivity contribution is 7.89. The minimum absolute atomic E-state index is 0.125. The zero-order chi connectivity index (χ0) is 22.4. The third kappa shape index (κ3) is 6.19. The van der Waals surface area contributed by atoms with Gasteiger partial charge in [-0.2, -0.15) is 0 Å². The molecule has 3 rings (SSSR count). The Labute approximate surface area is 183 Å². The Morgan fingerprint density at radius 2 is 1.81 bits per heavy atom. The maximum Gasteiger partial charge on any atom is 0.338 e. The summed E-state index contributed by atoms with van der Waals surface area (Å²) in [6, 6.07) is 11.8. The summed E-state index contributed by atoms with van der Waals surface area (Å²) < 4.78 is 36.2. The monoisotopic (exact) mass is 447 g/mol. The van der Waals surface area contributed by atoms with Crippen LogP contribution < -0.4 is 14.8 Å². The predicted molar refractivity (Wildman–Crippen MR) is 119 cm³/mol. The summed E-state index contributed by atoms with van der Waals surface area (Å²) in [5.74, 6) is 0.0157. The molecule has 0 amide bonds. The van der Waals surface area contributed by atoms with Crippen LogP contribution in [0.25, 0.3) is 0 Å². The number of ether oxygens (including phenoxy) is 2. The molecule has 0 radical (unpaired) electrons. The van der Waals surface area contributed by atoms with E-state index < -0.39 is 16.0 Å². The Morgan fingerprint density at radius 3 is 2.42 bits per heavy atom. The summed E-state index contributed by atoms with van der Waals surface area (Å²) in [5.41, 5.74) is 0.657. The predicted octanol–water partition coefficient (Wildman–Crippen LogP) is 2.84. The molecule has 2 N–H and O–H groups in total. The first-order valence-corrected chi connectivity index (χ1v) is 11.8. The number of carbonyl (C=O) groups is 1. The van der Waals surface area contributed by atoms with Crippen LogP contribution in [0.15, 0.2) is 47.4 Å². The first-order valence-electron chi connectivity index (χ1n) is 10.3. The molecule has 1 saturated heterocycles. The van der Waals surface area contributed by atoms with Gasteiger partial charge in [-0.3, -0.25) is 0 Å². The molecule has 168 valence electrons. The average Bonchev–Trinajstić information content (AvgIpc) is 3.25. The van der Waals surface area contributed by atoms with E-state index in [-0.39, 0.29) is 22.8 Å². The molecule has 2 aromatic carbocycles. The Hall–Kier alpha value is -2.62. The number of hydrogen-bond acceptors (Lipinski definition) is 7. The van der Waals surface area contributed by atoms with Gasteiger partial charge in [-0.1, -0.05) is 18.2 Å². The number of para-hydroxylation sites is 1. The second kappa shape index (κ2) is 10.1. The van der Waals surface area contributed by atoms with Gasteiger partial charge in [0, 0.05) is 19.6 Å². The molecular weight excluding hydrogens is 418 g/mol. The molecule has 0 bridgehead atoms. The van der Waals surface area contributed by atoms with Crippen LogP contribution in [0, 0.1) is 0 Å². The van der Waals surface area contributed by atoms with Crippen molar-refractivity contribution in [2.45, 2.75) is 24.2 Å². The van der Waals surface area contributed by atoms with E-state index in [1.54, 1.807) is 30.3 Å². The van der Waals surface area contributed by atoms with Crippen LogP contribution in [0.1, 0.15) is 29.6 Å². The molecule has 1 heterocycles. The van der Waals surface area contributed by atoms with Gasteiger partial charge >= 0.3 is 5.97 Å². The summed E-state index contributed by atoms with van der Waals surface area (Å²) >= 11 is 0. The van der Waals surface area contributed by atoms with Crippen LogP contribution in [0.2, 0.25) is 0 Å². The zero-order valence-corrected chi connectivity index (χ0v) is 18.7. The Bertz CT molecular complexity index is 1000. The summed E-state index contributed by atoms with van der Waals surface area (Å²) in [7, 11) is -0.287. The van der Waals surface area contributed by atoms with Crippen molar-refractivity contribution in [1.29, 1.82) is 0 Å². The lowest BCUT2D eigenvalue weighted by Gasteiger charge is -2.24. The minimum Gasteiger partial charge on any atom is -0.462 e. The van der Waals surface area contributed by atoms with Gasteiger partial charge in [-0.05, 0) is 57.6 Å². The van der Waals surface area contributed by atoms with Crippen molar-refractivity contribution in [2.24, 2.45) is 5.14 Å². The fourth-order valence-electron chi connectivity index (χ4n) is 3.45. The molecule has 1 aliphatic heterocycles. The molecule has 1 fully saturated rings. The quantitative estimate of drug-likeness (QED) is 0.466. The van der Waals surface area contributed by atoms with Gasteiger partial charge in [0.2, 0.25) is 10.0 Å². The number of rotatable bonds is 9. The number of anilines is 1. The van der Waals surface area contributed by atoms with E-state index in [1.165, 1.54) is 6.07 Å². The third-order valence-corrected chi connectivity index (χ3v) is 5.89. The first-order chi connectivity index (χ1) is 14.8. The standard InChI is InChI=1S/C22H29N3O5S/c1-24(2)11-8-14-29-22(26)17-15-19(25-12-6-7-13-25)21(20(16-17)31(23,27)28)30-18-9-4-3-5-10-18/h3-5,9-10,15-16H,6-8,11-14H2,1-2H3,(H2,23,27,28). The molecule has 0 unspecified atom stereocenters. The van der Waals surface area contributed by atoms with Gasteiger partial charge in [0.1, 0.15) is 10.6 Å². The van der Waals surface area contributed by atoms with Gasteiger partial charge in [0.05, 0.1) is 17.9 Å². The van der Waals surface area contributed by atoms with E-state index in [2.05, 4.69) is 0 Å². The van der Waals surface area contributed by atoms with Gasteiger partial charge < -0.3 is 19.3 Å². The van der Waals surface area contributed by atoms with E-state index in [0.29, 0.717) is 17.9 Å². The van der Waals surface area contributed by atoms with E-state index in [1.807, 2.05) is 30.0 Å². The van der Waals surface area contributed by atoms with E-state index >= 15 is 0 Å². The lowest BCUT2D eigenvalue weighted by atomic mass is 10.1. The SMILES string of the molecule is CN(C)CCCOC(=O)c1cc(N2CCCC2)c(Oc2ccccc2)c(S(N)(=O)=O)c1. The molecule has 9 heteroatoms. The number of carbonyl (C=O) groups excluding carboxylic acids is 1. The number of benzene rings is 2. The average molecular weight is 448 g/mol. The third-order valence-electron chi connectivity index (χ3n) is 4.97. The molecule has 8 nitrogen and oxygen atoms in total. The zero-order valence-electron chi connectivity index (χ0n) is 17.9. The van der Waals surface area contributed by atoms with Crippen LogP contribution in [0.5, 0.6) is 11.5 Å². The highest BCUT2D eigenvalue weighted by Gasteiger charge is 2.27. The normalized spacial score (nSPS) is 14.1. The fourth-order valence-corrected chi connectivity index (χ4v) is 4.14. The van der Waals surface area contributed by atoms with Crippen molar-refractivity contribution in [2.75, 3.05) is 45.2 Å². The van der Waals surface area contributed by atoms with Gasteiger partial charge in [-0.25, -0.2) is 18.4 Å². The number of nitrogens with two attached hydrogens (primary N) is 1. The Morgan fingerprint density at radius 1 is 1.13 bits per heavy atom. The molecule has 0 aliphatic carbocycles. The van der Waals surface area contributed by atoms with Crippen LogP contribution in [0.3, 0.4) is 0 Å². The topological polar surface area (TPSA) is 102 Å². The first kappa shape index (κ1) is 23.1. The van der Waals surface area contributed by atoms with Crippen molar-refractivity contribution in [3.8, 4) is 11.5 Å². The van der Waals surface area contributed by atoms with Crippen molar-refractivity contribution in [3.63, 3.8) is 0 Å². The maximum atomic E-state index is 12.7. The lowest BCUT2D eigenvalue weighted by molar-refractivity contribution is 0.0493. The number of nitrogens with zero attached hydrogens (tertiary/aromatic N) is 2. The van der Waals surface area contributed by atoms with Gasteiger partial charge in [-0.15, -0.1) is 0 Å². The van der Waals surface area contributed by atoms with Gasteiger partial charge in [0.25, 0.3) is 0 Å². The van der Waals surface area contributed by atoms with E-state index in [4.69, 9.17) is 14.6 Å². The van der Waals surface area contributed by atoms with Crippen molar-refractivity contribution in [1.82, 2.24) is 4.90 Å². The summed E-state index contributed by atoms with van der Waals surface area (Å²) in [6.07, 6.45) is 2.61. The Kier molecular flexibility index (Phi) is 7.53. The van der Waals surface area contributed by atoms with Crippen molar-refractivity contribution < 1.29 is 22.7 Å². The molecule has 2 aromatic rings. The second-order valence-corrected chi connectivity index (χ2v) is 9.30. The smallest absolute Gasteiger partial charge is 0.338 e. The Balaban J connectivity index is 2.00. The number of sulfonamides is 1. The molecule has 0 atom stereocenters. The van der Waals surface area contributed by atoms with Crippen LogP contribution in [-0.4, -0.2) is 59.6 Å². The number of esters is 1. The molecule has 0 aromatic heterocycles. The molecule has 0 spiro atoms. The number of hydrogen-bond donors (Lipinski definition) is 1. The van der Waals surface area contributed by atoms with Crippen molar-refractivity contribution >= 4 is 21.7 Å². The fraction of sp³-hybridized carbons (Fsp3) is 0.409. The highest BCUT2D eigenvalue weighted by atomic mass is 32.2. The molecule has 31 heavy (non-hydrogen) atoms. The number of primary sulfonamides is 1. The van der Waals surface area contributed by atoms with Gasteiger partial charge in [0.15, 0.2) is 5.75 Å². The summed E-state index contributed by atoms with van der Waals surface area (Å²) in [5, 5.41) is 5.52. The van der Waals surface area contributed by atoms with Crippen molar-refractivity contribution in [3.05, 3.63) is 48.0 Å². The van der Waals surface area contributed by atoms with E-state index in [9.17, 15) is 13.2 Å². The largest absolute Gasteiger partial charge is 0.462 e. The molecular formula is C22H29N3O5S. The van der Waals surface area contributed by atoms with Crippen LogP contribution in [-0.2, 0) is 14.8 Å². The van der Waals surface area contributed by atoms with Crippen LogP contribution >= 0.6 is 0 Å². The molecule has 0 saturated carbocycles. The van der Waals surface area contributed by atoms with Crippen LogP contribution in [0.4, 0.5) is 5.69 Å². The maximum absolute atomic E-state index is 12.7. The lowest BCUT2D eigenvalue weighted by Crippen LogP contribution is -2.22. The second-order valence-electron chi connectivity index (χ2n) is 7.77. The minimum atomic E-state index is -4.16. The van der Waals surface area contributed by atoms with E-state index in [0.717, 1.165) is 32.5 Å². The summed E-state index contributed by atoms with van der Waals surface area (Å²) in [4.78, 5) is 16.4.